The molecule has 3 aromatic rings. The first-order valence-electron chi connectivity index (χ1n) is 11.0. The molecular weight excluding hydrogens is 422 g/mol. The van der Waals surface area contributed by atoms with Crippen molar-refractivity contribution in [2.75, 3.05) is 31.6 Å². The number of likely N-dealkylation sites (tertiary alicyclic amines) is 1. The summed E-state index contributed by atoms with van der Waals surface area (Å²) in [5.74, 6) is 0.698. The number of aromatic nitrogens is 5. The maximum absolute atomic E-state index is 11.9. The summed E-state index contributed by atoms with van der Waals surface area (Å²) in [5, 5.41) is 0. The van der Waals surface area contributed by atoms with Gasteiger partial charge in [-0.3, -0.25) is 9.59 Å². The molecule has 1 saturated heterocycles. The lowest BCUT2D eigenvalue weighted by Crippen LogP contribution is -2.35. The van der Waals surface area contributed by atoms with E-state index in [1.54, 1.807) is 30.4 Å². The lowest BCUT2D eigenvalue weighted by molar-refractivity contribution is 0.0787. The van der Waals surface area contributed by atoms with Gasteiger partial charge in [-0.1, -0.05) is 0 Å². The van der Waals surface area contributed by atoms with Crippen molar-refractivity contribution in [3.05, 3.63) is 64.0 Å². The highest BCUT2D eigenvalue weighted by Gasteiger charge is 2.21. The van der Waals surface area contributed by atoms with Gasteiger partial charge in [0, 0.05) is 44.9 Å². The number of rotatable bonds is 3. The van der Waals surface area contributed by atoms with Crippen molar-refractivity contribution in [1.29, 1.82) is 0 Å². The Morgan fingerprint density at radius 2 is 1.94 bits per heavy atom. The number of H-pyrrole nitrogens is 1. The number of fused-ring (bicyclic) bond motifs is 1. The molecule has 5 rings (SSSR count). The predicted octanol–water partition coefficient (Wildman–Crippen LogP) is 1.70. The van der Waals surface area contributed by atoms with E-state index >= 15 is 0 Å². The fourth-order valence-corrected chi connectivity index (χ4v) is 4.11. The van der Waals surface area contributed by atoms with E-state index in [1.807, 2.05) is 24.9 Å². The molecule has 33 heavy (non-hydrogen) atoms. The molecule has 1 N–H and O–H groups in total. The molecule has 2 aliphatic heterocycles. The summed E-state index contributed by atoms with van der Waals surface area (Å²) in [6.45, 7) is 5.12. The molecule has 0 spiro atoms. The normalized spacial score (nSPS) is 15.0. The van der Waals surface area contributed by atoms with E-state index in [2.05, 4.69) is 24.8 Å². The number of carbonyl (C=O) groups is 1. The summed E-state index contributed by atoms with van der Waals surface area (Å²) in [6, 6.07) is 2.03. The molecule has 0 radical (unpaired) electrons. The smallest absolute Gasteiger partial charge is 0.274 e. The molecule has 5 heterocycles. The number of carbonyl (C=O) groups excluding carboxylic acids is 1. The van der Waals surface area contributed by atoms with Gasteiger partial charge in [0.05, 0.1) is 49.5 Å². The summed E-state index contributed by atoms with van der Waals surface area (Å²) >= 11 is 0. The van der Waals surface area contributed by atoms with Crippen LogP contribution in [0, 0.1) is 6.92 Å². The van der Waals surface area contributed by atoms with E-state index in [4.69, 9.17) is 4.74 Å². The van der Waals surface area contributed by atoms with E-state index in [9.17, 15) is 9.59 Å². The minimum Gasteiger partial charge on any atom is -0.481 e. The highest BCUT2D eigenvalue weighted by Crippen LogP contribution is 2.25. The average Bonchev–Trinajstić information content (AvgIpc) is 3.51. The van der Waals surface area contributed by atoms with Crippen molar-refractivity contribution in [3.63, 3.8) is 0 Å². The van der Waals surface area contributed by atoms with Crippen LogP contribution in [0.5, 0.6) is 5.88 Å². The number of pyridine rings is 1. The quantitative estimate of drug-likeness (QED) is 0.645. The SMILES string of the molecule is COc1ncc(N2CCc3nc[nH]c(=O)c3C2)cc1C.Cn1cnc(C(=O)N2CCCC2)c1. The van der Waals surface area contributed by atoms with E-state index in [-0.39, 0.29) is 11.5 Å². The number of amides is 1. The van der Waals surface area contributed by atoms with Gasteiger partial charge in [0.25, 0.3) is 11.5 Å². The van der Waals surface area contributed by atoms with Gasteiger partial charge in [0.15, 0.2) is 0 Å². The molecule has 1 amide bonds. The molecule has 1 fully saturated rings. The third-order valence-electron chi connectivity index (χ3n) is 5.90. The second kappa shape index (κ2) is 9.85. The molecule has 10 nitrogen and oxygen atoms in total. The number of aryl methyl sites for hydroxylation is 2. The molecule has 0 aliphatic carbocycles. The number of hydrogen-bond donors (Lipinski definition) is 1. The maximum Gasteiger partial charge on any atom is 0.274 e. The zero-order chi connectivity index (χ0) is 23.4. The van der Waals surface area contributed by atoms with Gasteiger partial charge in [0.2, 0.25) is 5.88 Å². The second-order valence-corrected chi connectivity index (χ2v) is 8.27. The number of ether oxygens (including phenoxy) is 1. The van der Waals surface area contributed by atoms with E-state index in [0.29, 0.717) is 18.1 Å². The van der Waals surface area contributed by atoms with Crippen LogP contribution >= 0.6 is 0 Å². The molecule has 174 valence electrons. The number of hydrogen-bond acceptors (Lipinski definition) is 7. The lowest BCUT2D eigenvalue weighted by Gasteiger charge is -2.29. The van der Waals surface area contributed by atoms with Crippen LogP contribution in [0.2, 0.25) is 0 Å². The Morgan fingerprint density at radius 1 is 1.15 bits per heavy atom. The van der Waals surface area contributed by atoms with Crippen LogP contribution in [-0.4, -0.2) is 62.1 Å². The van der Waals surface area contributed by atoms with Crippen LogP contribution in [-0.2, 0) is 20.0 Å². The fraction of sp³-hybridized carbons (Fsp3) is 0.435. The molecule has 0 unspecified atom stereocenters. The number of methoxy groups -OCH3 is 1. The molecule has 0 atom stereocenters. The monoisotopic (exact) mass is 451 g/mol. The molecular formula is C23H29N7O3. The third-order valence-corrected chi connectivity index (χ3v) is 5.90. The van der Waals surface area contributed by atoms with E-state index in [1.165, 1.54) is 6.33 Å². The Bertz CT molecular complexity index is 1180. The van der Waals surface area contributed by atoms with Gasteiger partial charge in [-0.25, -0.2) is 15.0 Å². The van der Waals surface area contributed by atoms with Gasteiger partial charge < -0.3 is 24.1 Å². The van der Waals surface area contributed by atoms with Gasteiger partial charge >= 0.3 is 0 Å². The first-order chi connectivity index (χ1) is 16.0. The maximum atomic E-state index is 11.9. The Labute approximate surface area is 192 Å². The fourth-order valence-electron chi connectivity index (χ4n) is 4.11. The van der Waals surface area contributed by atoms with Gasteiger partial charge in [-0.05, 0) is 25.8 Å². The van der Waals surface area contributed by atoms with Crippen LogP contribution in [0.25, 0.3) is 0 Å². The van der Waals surface area contributed by atoms with Gasteiger partial charge in [0.1, 0.15) is 5.69 Å². The van der Waals surface area contributed by atoms with Crippen molar-refractivity contribution >= 4 is 11.6 Å². The largest absolute Gasteiger partial charge is 0.481 e. The predicted molar refractivity (Wildman–Crippen MR) is 123 cm³/mol. The van der Waals surface area contributed by atoms with Crippen molar-refractivity contribution in [1.82, 2.24) is 29.4 Å². The highest BCUT2D eigenvalue weighted by atomic mass is 16.5. The standard InChI is InChI=1S/C14H16N4O2.C9H13N3O/c1-9-5-10(6-15-14(9)20-2)18-4-3-12-11(7-18)13(19)17-8-16-12;1-11-6-8(10-7-11)9(13)12-4-2-3-5-12/h5-6,8H,3-4,7H2,1-2H3,(H,16,17,19);6-7H,2-5H2,1H3. The Kier molecular flexibility index (Phi) is 6.71. The lowest BCUT2D eigenvalue weighted by atomic mass is 10.1. The molecule has 10 heteroatoms. The zero-order valence-corrected chi connectivity index (χ0v) is 19.2. The number of anilines is 1. The number of imidazole rings is 1. The molecule has 0 saturated carbocycles. The Morgan fingerprint density at radius 3 is 2.61 bits per heavy atom. The number of nitrogens with zero attached hydrogens (tertiary/aromatic N) is 6. The minimum atomic E-state index is -0.0575. The van der Waals surface area contributed by atoms with Crippen LogP contribution in [0.3, 0.4) is 0 Å². The topological polar surface area (TPSA) is 109 Å². The molecule has 3 aromatic heterocycles. The van der Waals surface area contributed by atoms with Crippen molar-refractivity contribution in [3.8, 4) is 5.88 Å². The zero-order valence-electron chi connectivity index (χ0n) is 19.2. The van der Waals surface area contributed by atoms with Crippen LogP contribution < -0.4 is 15.2 Å². The van der Waals surface area contributed by atoms with Crippen molar-refractivity contribution in [2.45, 2.75) is 32.7 Å². The van der Waals surface area contributed by atoms with Crippen LogP contribution in [0.1, 0.15) is 40.2 Å². The number of aromatic amines is 1. The van der Waals surface area contributed by atoms with Crippen LogP contribution in [0.15, 0.2) is 35.9 Å². The average molecular weight is 452 g/mol. The second-order valence-electron chi connectivity index (χ2n) is 8.27. The van der Waals surface area contributed by atoms with Crippen molar-refractivity contribution < 1.29 is 9.53 Å². The summed E-state index contributed by atoms with van der Waals surface area (Å²) in [6.07, 6.45) is 9.68. The first-order valence-corrected chi connectivity index (χ1v) is 11.0. The first kappa shape index (κ1) is 22.5. The van der Waals surface area contributed by atoms with Gasteiger partial charge in [-0.2, -0.15) is 0 Å². The van der Waals surface area contributed by atoms with E-state index < -0.39 is 0 Å². The summed E-state index contributed by atoms with van der Waals surface area (Å²) in [4.78, 5) is 42.7. The van der Waals surface area contributed by atoms with Crippen molar-refractivity contribution in [2.24, 2.45) is 7.05 Å². The number of nitrogens with one attached hydrogen (secondary N) is 1. The molecule has 0 aromatic carbocycles. The summed E-state index contributed by atoms with van der Waals surface area (Å²) < 4.78 is 6.96. The molecule has 2 aliphatic rings. The Balaban J connectivity index is 0.000000172. The van der Waals surface area contributed by atoms with Gasteiger partial charge in [-0.15, -0.1) is 0 Å². The minimum absolute atomic E-state index is 0.0575. The third kappa shape index (κ3) is 5.05. The van der Waals surface area contributed by atoms with Crippen LogP contribution in [0.4, 0.5) is 5.69 Å². The molecule has 0 bridgehead atoms. The van der Waals surface area contributed by atoms with E-state index in [0.717, 1.165) is 61.4 Å². The summed E-state index contributed by atoms with van der Waals surface area (Å²) in [7, 11) is 3.48. The Hall–Kier alpha value is -3.69. The summed E-state index contributed by atoms with van der Waals surface area (Å²) in [5.41, 5.74) is 4.12. The highest BCUT2D eigenvalue weighted by molar-refractivity contribution is 5.92.